The van der Waals surface area contributed by atoms with Crippen molar-refractivity contribution in [3.05, 3.63) is 0 Å². The second kappa shape index (κ2) is 5.45. The molecule has 1 fully saturated rings. The van der Waals surface area contributed by atoms with Crippen LogP contribution in [0.2, 0.25) is 0 Å². The number of unbranched alkanes of at least 4 members (excludes halogenated alkanes) is 1. The first-order valence-corrected chi connectivity index (χ1v) is 5.29. The van der Waals surface area contributed by atoms with Gasteiger partial charge in [-0.3, -0.25) is 4.79 Å². The van der Waals surface area contributed by atoms with Crippen LogP contribution in [0, 0.1) is 0 Å². The number of amides is 1. The zero-order valence-electron chi connectivity index (χ0n) is 7.71. The maximum absolute atomic E-state index is 11.4. The molecule has 1 aliphatic heterocycles. The lowest BCUT2D eigenvalue weighted by Crippen LogP contribution is -2.29. The third kappa shape index (κ3) is 3.53. The number of rotatable bonds is 4. The van der Waals surface area contributed by atoms with Gasteiger partial charge in [-0.05, 0) is 19.3 Å². The molecule has 1 rings (SSSR count). The van der Waals surface area contributed by atoms with E-state index in [2.05, 4.69) is 0 Å². The molecule has 1 heterocycles. The van der Waals surface area contributed by atoms with Crippen molar-refractivity contribution in [2.75, 3.05) is 19.0 Å². The predicted octanol–water partition coefficient (Wildman–Crippen LogP) is 0.989. The Labute approximate surface area is 83.7 Å². The Balaban J connectivity index is 2.16. The minimum absolute atomic E-state index is 0.154. The maximum Gasteiger partial charge on any atom is 0.222 e. The van der Waals surface area contributed by atoms with Crippen molar-refractivity contribution in [3.8, 4) is 0 Å². The number of aliphatic hydroxyl groups excluding tert-OH is 1. The lowest BCUT2D eigenvalue weighted by Gasteiger charge is -2.14. The third-order valence-corrected chi connectivity index (χ3v) is 2.56. The van der Waals surface area contributed by atoms with Crippen molar-refractivity contribution < 1.29 is 9.90 Å². The Morgan fingerprint density at radius 1 is 1.54 bits per heavy atom. The molecule has 0 aromatic rings. The van der Waals surface area contributed by atoms with Gasteiger partial charge in [0.05, 0.1) is 6.10 Å². The SMILES string of the molecule is O=C(CCCCCl)N1CCC(O)C1. The van der Waals surface area contributed by atoms with Gasteiger partial charge in [0, 0.05) is 25.4 Å². The second-order valence-corrected chi connectivity index (χ2v) is 3.81. The Kier molecular flexibility index (Phi) is 4.53. The van der Waals surface area contributed by atoms with Gasteiger partial charge in [0.2, 0.25) is 5.91 Å². The molecule has 1 atom stereocenters. The molecule has 13 heavy (non-hydrogen) atoms. The van der Waals surface area contributed by atoms with Crippen molar-refractivity contribution in [2.45, 2.75) is 31.8 Å². The van der Waals surface area contributed by atoms with Crippen LogP contribution in [0.4, 0.5) is 0 Å². The summed E-state index contributed by atoms with van der Waals surface area (Å²) in [5.41, 5.74) is 0. The fraction of sp³-hybridized carbons (Fsp3) is 0.889. The Morgan fingerprint density at radius 3 is 2.85 bits per heavy atom. The van der Waals surface area contributed by atoms with Crippen LogP contribution in [0.1, 0.15) is 25.7 Å². The normalized spacial score (nSPS) is 22.3. The summed E-state index contributed by atoms with van der Waals surface area (Å²) in [4.78, 5) is 13.2. The molecular weight excluding hydrogens is 190 g/mol. The molecular formula is C9H16ClNO2. The number of nitrogens with zero attached hydrogens (tertiary/aromatic N) is 1. The Morgan fingerprint density at radius 2 is 2.31 bits per heavy atom. The molecule has 1 aliphatic rings. The number of carbonyl (C=O) groups excluding carboxylic acids is 1. The van der Waals surface area contributed by atoms with Crippen LogP contribution in [0.25, 0.3) is 0 Å². The molecule has 1 unspecified atom stereocenters. The van der Waals surface area contributed by atoms with E-state index in [1.54, 1.807) is 4.90 Å². The summed E-state index contributed by atoms with van der Waals surface area (Å²) in [5, 5.41) is 9.21. The average molecular weight is 206 g/mol. The van der Waals surface area contributed by atoms with Crippen LogP contribution in [-0.4, -0.2) is 41.0 Å². The van der Waals surface area contributed by atoms with Crippen LogP contribution in [-0.2, 0) is 4.79 Å². The minimum Gasteiger partial charge on any atom is -0.391 e. The van der Waals surface area contributed by atoms with Crippen LogP contribution in [0.5, 0.6) is 0 Å². The smallest absolute Gasteiger partial charge is 0.222 e. The number of hydrogen-bond acceptors (Lipinski definition) is 2. The standard InChI is InChI=1S/C9H16ClNO2/c10-5-2-1-3-9(13)11-6-4-8(12)7-11/h8,12H,1-7H2. The Bertz CT molecular complexity index is 175. The summed E-state index contributed by atoms with van der Waals surface area (Å²) in [6.45, 7) is 1.22. The van der Waals surface area contributed by atoms with Crippen molar-refractivity contribution in [1.29, 1.82) is 0 Å². The highest BCUT2D eigenvalue weighted by molar-refractivity contribution is 6.17. The van der Waals surface area contributed by atoms with Crippen LogP contribution < -0.4 is 0 Å². The van der Waals surface area contributed by atoms with Gasteiger partial charge in [0.15, 0.2) is 0 Å². The van der Waals surface area contributed by atoms with Crippen molar-refractivity contribution >= 4 is 17.5 Å². The lowest BCUT2D eigenvalue weighted by atomic mass is 10.2. The first-order chi connectivity index (χ1) is 6.24. The highest BCUT2D eigenvalue weighted by Crippen LogP contribution is 2.11. The topological polar surface area (TPSA) is 40.5 Å². The molecule has 0 aliphatic carbocycles. The molecule has 0 aromatic carbocycles. The van der Waals surface area contributed by atoms with E-state index >= 15 is 0 Å². The van der Waals surface area contributed by atoms with E-state index in [0.29, 0.717) is 25.4 Å². The minimum atomic E-state index is -0.308. The van der Waals surface area contributed by atoms with E-state index in [-0.39, 0.29) is 12.0 Å². The molecule has 0 aromatic heterocycles. The van der Waals surface area contributed by atoms with Gasteiger partial charge < -0.3 is 10.0 Å². The maximum atomic E-state index is 11.4. The zero-order chi connectivity index (χ0) is 9.68. The molecule has 0 saturated carbocycles. The monoisotopic (exact) mass is 205 g/mol. The third-order valence-electron chi connectivity index (χ3n) is 2.29. The number of hydrogen-bond donors (Lipinski definition) is 1. The van der Waals surface area contributed by atoms with E-state index in [4.69, 9.17) is 11.6 Å². The number of carbonyl (C=O) groups is 1. The van der Waals surface area contributed by atoms with Crippen molar-refractivity contribution in [3.63, 3.8) is 0 Å². The molecule has 1 N–H and O–H groups in total. The first kappa shape index (κ1) is 10.8. The quantitative estimate of drug-likeness (QED) is 0.549. The largest absolute Gasteiger partial charge is 0.391 e. The van der Waals surface area contributed by atoms with Gasteiger partial charge in [-0.25, -0.2) is 0 Å². The summed E-state index contributed by atoms with van der Waals surface area (Å²) in [5.74, 6) is 0.775. The number of likely N-dealkylation sites (tertiary alicyclic amines) is 1. The van der Waals surface area contributed by atoms with E-state index in [1.165, 1.54) is 0 Å². The average Bonchev–Trinajstić information content (AvgIpc) is 2.52. The molecule has 4 heteroatoms. The van der Waals surface area contributed by atoms with Gasteiger partial charge in [-0.1, -0.05) is 0 Å². The van der Waals surface area contributed by atoms with E-state index in [0.717, 1.165) is 19.3 Å². The van der Waals surface area contributed by atoms with E-state index < -0.39 is 0 Å². The summed E-state index contributed by atoms with van der Waals surface area (Å²) < 4.78 is 0. The lowest BCUT2D eigenvalue weighted by molar-refractivity contribution is -0.130. The van der Waals surface area contributed by atoms with Crippen molar-refractivity contribution in [1.82, 2.24) is 4.90 Å². The summed E-state index contributed by atoms with van der Waals surface area (Å²) in [6.07, 6.45) is 2.73. The zero-order valence-corrected chi connectivity index (χ0v) is 8.46. The number of halogens is 1. The molecule has 0 bridgehead atoms. The summed E-state index contributed by atoms with van der Waals surface area (Å²) in [7, 11) is 0. The summed E-state index contributed by atoms with van der Waals surface area (Å²) >= 11 is 5.50. The fourth-order valence-corrected chi connectivity index (χ4v) is 1.69. The van der Waals surface area contributed by atoms with Crippen LogP contribution in [0.15, 0.2) is 0 Å². The molecule has 3 nitrogen and oxygen atoms in total. The fourth-order valence-electron chi connectivity index (χ4n) is 1.50. The number of β-amino-alcohol motifs (C(OH)–C–C–N with tert-alkyl or cyclic N) is 1. The highest BCUT2D eigenvalue weighted by Gasteiger charge is 2.23. The predicted molar refractivity (Wildman–Crippen MR) is 51.8 cm³/mol. The number of alkyl halides is 1. The highest BCUT2D eigenvalue weighted by atomic mass is 35.5. The van der Waals surface area contributed by atoms with Gasteiger partial charge in [-0.15, -0.1) is 11.6 Å². The van der Waals surface area contributed by atoms with Crippen LogP contribution in [0.3, 0.4) is 0 Å². The first-order valence-electron chi connectivity index (χ1n) is 4.76. The molecule has 0 spiro atoms. The molecule has 76 valence electrons. The number of aliphatic hydroxyl groups is 1. The van der Waals surface area contributed by atoms with Gasteiger partial charge in [0.1, 0.15) is 0 Å². The summed E-state index contributed by atoms with van der Waals surface area (Å²) in [6, 6.07) is 0. The molecule has 0 radical (unpaired) electrons. The van der Waals surface area contributed by atoms with E-state index in [1.807, 2.05) is 0 Å². The van der Waals surface area contributed by atoms with Gasteiger partial charge in [0.25, 0.3) is 0 Å². The van der Waals surface area contributed by atoms with Gasteiger partial charge >= 0.3 is 0 Å². The Hall–Kier alpha value is -0.280. The van der Waals surface area contributed by atoms with Crippen LogP contribution >= 0.6 is 11.6 Å². The van der Waals surface area contributed by atoms with E-state index in [9.17, 15) is 9.90 Å². The second-order valence-electron chi connectivity index (χ2n) is 3.43. The van der Waals surface area contributed by atoms with Gasteiger partial charge in [-0.2, -0.15) is 0 Å². The van der Waals surface area contributed by atoms with Crippen molar-refractivity contribution in [2.24, 2.45) is 0 Å². The molecule has 1 amide bonds. The molecule has 1 saturated heterocycles.